The first-order valence-electron chi connectivity index (χ1n) is 6.63. The fourth-order valence-electron chi connectivity index (χ4n) is 1.76. The predicted molar refractivity (Wildman–Crippen MR) is 72.3 cm³/mol. The molecule has 0 aromatic rings. The fraction of sp³-hybridized carbons (Fsp3) is 1.00. The van der Waals surface area contributed by atoms with E-state index in [0.717, 1.165) is 45.6 Å². The van der Waals surface area contributed by atoms with Crippen LogP contribution in [0.3, 0.4) is 0 Å². The minimum atomic E-state index is 0.0606. The number of rotatable bonds is 11. The number of likely N-dealkylation sites (N-methyl/N-ethyl adjacent to an activating group) is 1. The molecule has 2 N–H and O–H groups in total. The fourth-order valence-corrected chi connectivity index (χ4v) is 1.76. The molecule has 0 bridgehead atoms. The van der Waals surface area contributed by atoms with Crippen molar-refractivity contribution in [3.63, 3.8) is 0 Å². The van der Waals surface area contributed by atoms with E-state index in [-0.39, 0.29) is 12.0 Å². The summed E-state index contributed by atoms with van der Waals surface area (Å²) in [7, 11) is 3.82. The number of nitrogens with zero attached hydrogens (tertiary/aromatic N) is 1. The summed E-state index contributed by atoms with van der Waals surface area (Å²) in [6, 6.07) is 0. The molecule has 4 heteroatoms. The summed E-state index contributed by atoms with van der Waals surface area (Å²) in [5.41, 5.74) is 0.0606. The lowest BCUT2D eigenvalue weighted by atomic mass is 9.83. The van der Waals surface area contributed by atoms with E-state index in [1.807, 2.05) is 0 Å². The minimum Gasteiger partial charge on any atom is -0.396 e. The lowest BCUT2D eigenvalue weighted by Gasteiger charge is -2.30. The van der Waals surface area contributed by atoms with Gasteiger partial charge < -0.3 is 20.1 Å². The molecule has 0 radical (unpaired) electrons. The molecular formula is C13H30N2O2. The van der Waals surface area contributed by atoms with Gasteiger partial charge in [0.05, 0.1) is 6.61 Å². The summed E-state index contributed by atoms with van der Waals surface area (Å²) in [5, 5.41) is 12.9. The first kappa shape index (κ1) is 16.8. The standard InChI is InChI=1S/C13H30N2O2/c1-5-13(6-2,12-16)11-14-7-8-15(3)9-10-17-4/h14,16H,5-12H2,1-4H3. The average molecular weight is 246 g/mol. The van der Waals surface area contributed by atoms with Crippen molar-refractivity contribution in [1.82, 2.24) is 10.2 Å². The van der Waals surface area contributed by atoms with E-state index >= 15 is 0 Å². The maximum absolute atomic E-state index is 9.43. The molecular weight excluding hydrogens is 216 g/mol. The molecule has 0 aliphatic rings. The highest BCUT2D eigenvalue weighted by atomic mass is 16.5. The van der Waals surface area contributed by atoms with Gasteiger partial charge in [0.15, 0.2) is 0 Å². The molecule has 104 valence electrons. The number of hydrogen-bond donors (Lipinski definition) is 2. The molecule has 0 atom stereocenters. The first-order chi connectivity index (χ1) is 8.14. The molecule has 0 rings (SSSR count). The largest absolute Gasteiger partial charge is 0.396 e. The molecule has 0 aliphatic carbocycles. The molecule has 0 spiro atoms. The van der Waals surface area contributed by atoms with Crippen molar-refractivity contribution in [3.05, 3.63) is 0 Å². The zero-order chi connectivity index (χ0) is 13.1. The summed E-state index contributed by atoms with van der Waals surface area (Å²) in [4.78, 5) is 2.25. The van der Waals surface area contributed by atoms with Gasteiger partial charge in [-0.05, 0) is 19.9 Å². The van der Waals surface area contributed by atoms with Gasteiger partial charge in [0.1, 0.15) is 0 Å². The van der Waals surface area contributed by atoms with Gasteiger partial charge >= 0.3 is 0 Å². The second-order valence-corrected chi connectivity index (χ2v) is 4.84. The number of aliphatic hydroxyl groups is 1. The van der Waals surface area contributed by atoms with Gasteiger partial charge in [0.25, 0.3) is 0 Å². The highest BCUT2D eigenvalue weighted by Crippen LogP contribution is 2.24. The predicted octanol–water partition coefficient (Wildman–Crippen LogP) is 0.953. The van der Waals surface area contributed by atoms with Gasteiger partial charge in [-0.15, -0.1) is 0 Å². The third-order valence-electron chi connectivity index (χ3n) is 3.68. The van der Waals surface area contributed by atoms with Gasteiger partial charge in [-0.2, -0.15) is 0 Å². The van der Waals surface area contributed by atoms with Crippen molar-refractivity contribution in [2.45, 2.75) is 26.7 Å². The van der Waals surface area contributed by atoms with Crippen LogP contribution in [0.1, 0.15) is 26.7 Å². The Hall–Kier alpha value is -0.160. The molecule has 0 aromatic carbocycles. The smallest absolute Gasteiger partial charge is 0.0589 e. The van der Waals surface area contributed by atoms with Gasteiger partial charge in [-0.1, -0.05) is 13.8 Å². The van der Waals surface area contributed by atoms with Crippen LogP contribution in [0.25, 0.3) is 0 Å². The highest BCUT2D eigenvalue weighted by Gasteiger charge is 2.24. The van der Waals surface area contributed by atoms with E-state index < -0.39 is 0 Å². The van der Waals surface area contributed by atoms with Crippen LogP contribution in [-0.4, -0.2) is 63.6 Å². The summed E-state index contributed by atoms with van der Waals surface area (Å²) in [6.45, 7) is 9.17. The molecule has 17 heavy (non-hydrogen) atoms. The third kappa shape index (κ3) is 6.99. The number of hydrogen-bond acceptors (Lipinski definition) is 4. The molecule has 0 unspecified atom stereocenters. The highest BCUT2D eigenvalue weighted by molar-refractivity contribution is 4.78. The van der Waals surface area contributed by atoms with Crippen LogP contribution in [0.15, 0.2) is 0 Å². The summed E-state index contributed by atoms with van der Waals surface area (Å²) < 4.78 is 5.03. The third-order valence-corrected chi connectivity index (χ3v) is 3.68. The average Bonchev–Trinajstić information content (AvgIpc) is 2.37. The van der Waals surface area contributed by atoms with Gasteiger partial charge in [0, 0.05) is 45.3 Å². The van der Waals surface area contributed by atoms with E-state index in [1.165, 1.54) is 0 Å². The van der Waals surface area contributed by atoms with Crippen molar-refractivity contribution in [2.75, 3.05) is 53.6 Å². The van der Waals surface area contributed by atoms with Crippen LogP contribution >= 0.6 is 0 Å². The van der Waals surface area contributed by atoms with Crippen molar-refractivity contribution in [1.29, 1.82) is 0 Å². The molecule has 4 nitrogen and oxygen atoms in total. The second kappa shape index (κ2) is 9.83. The van der Waals surface area contributed by atoms with Crippen molar-refractivity contribution in [3.8, 4) is 0 Å². The van der Waals surface area contributed by atoms with Crippen LogP contribution in [0.2, 0.25) is 0 Å². The van der Waals surface area contributed by atoms with Gasteiger partial charge in [-0.3, -0.25) is 0 Å². The SMILES string of the molecule is CCC(CC)(CO)CNCCN(C)CCOC. The lowest BCUT2D eigenvalue weighted by molar-refractivity contribution is 0.111. The molecule has 0 amide bonds. The van der Waals surface area contributed by atoms with E-state index in [2.05, 4.69) is 31.1 Å². The number of nitrogens with one attached hydrogen (secondary N) is 1. The summed E-state index contributed by atoms with van der Waals surface area (Å²) >= 11 is 0. The summed E-state index contributed by atoms with van der Waals surface area (Å²) in [6.07, 6.45) is 2.04. The number of aliphatic hydroxyl groups excluding tert-OH is 1. The molecule has 0 fully saturated rings. The number of methoxy groups -OCH3 is 1. The Balaban J connectivity index is 3.68. The Kier molecular flexibility index (Phi) is 9.74. The van der Waals surface area contributed by atoms with E-state index in [0.29, 0.717) is 0 Å². The Bertz CT molecular complexity index is 165. The van der Waals surface area contributed by atoms with E-state index in [9.17, 15) is 5.11 Å². The molecule has 0 aromatic heterocycles. The molecule has 0 saturated heterocycles. The Labute approximate surface area is 106 Å². The van der Waals surface area contributed by atoms with Crippen LogP contribution in [-0.2, 0) is 4.74 Å². The summed E-state index contributed by atoms with van der Waals surface area (Å²) in [5.74, 6) is 0. The normalized spacial score (nSPS) is 12.4. The Morgan fingerprint density at radius 3 is 2.35 bits per heavy atom. The van der Waals surface area contributed by atoms with Gasteiger partial charge in [0.2, 0.25) is 0 Å². The molecule has 0 heterocycles. The van der Waals surface area contributed by atoms with E-state index in [1.54, 1.807) is 7.11 Å². The molecule has 0 aliphatic heterocycles. The lowest BCUT2D eigenvalue weighted by Crippen LogP contribution is -2.39. The Morgan fingerprint density at radius 1 is 1.24 bits per heavy atom. The van der Waals surface area contributed by atoms with Crippen molar-refractivity contribution in [2.24, 2.45) is 5.41 Å². The maximum atomic E-state index is 9.43. The Morgan fingerprint density at radius 2 is 1.88 bits per heavy atom. The quantitative estimate of drug-likeness (QED) is 0.533. The molecule has 0 saturated carbocycles. The van der Waals surface area contributed by atoms with Crippen LogP contribution in [0.5, 0.6) is 0 Å². The van der Waals surface area contributed by atoms with Crippen LogP contribution in [0, 0.1) is 5.41 Å². The topological polar surface area (TPSA) is 44.7 Å². The van der Waals surface area contributed by atoms with Crippen LogP contribution in [0.4, 0.5) is 0 Å². The van der Waals surface area contributed by atoms with Gasteiger partial charge in [-0.25, -0.2) is 0 Å². The zero-order valence-electron chi connectivity index (χ0n) is 12.0. The maximum Gasteiger partial charge on any atom is 0.0589 e. The van der Waals surface area contributed by atoms with Crippen LogP contribution < -0.4 is 5.32 Å². The number of ether oxygens (including phenoxy) is 1. The second-order valence-electron chi connectivity index (χ2n) is 4.84. The van der Waals surface area contributed by atoms with E-state index in [4.69, 9.17) is 4.74 Å². The van der Waals surface area contributed by atoms with Crippen molar-refractivity contribution >= 4 is 0 Å². The monoisotopic (exact) mass is 246 g/mol. The van der Waals surface area contributed by atoms with Crippen molar-refractivity contribution < 1.29 is 9.84 Å². The first-order valence-corrected chi connectivity index (χ1v) is 6.63. The zero-order valence-corrected chi connectivity index (χ0v) is 12.0. The minimum absolute atomic E-state index is 0.0606.